The molecule has 5 nitrogen and oxygen atoms in total. The van der Waals surface area contributed by atoms with E-state index in [0.29, 0.717) is 16.3 Å². The first kappa shape index (κ1) is 14.8. The van der Waals surface area contributed by atoms with E-state index in [1.807, 2.05) is 0 Å². The van der Waals surface area contributed by atoms with Crippen LogP contribution in [0.3, 0.4) is 0 Å². The van der Waals surface area contributed by atoms with Crippen molar-refractivity contribution in [2.24, 2.45) is 0 Å². The maximum absolute atomic E-state index is 10.8. The van der Waals surface area contributed by atoms with Crippen molar-refractivity contribution in [3.05, 3.63) is 38.9 Å². The largest absolute Gasteiger partial charge is 0.481 e. The molecule has 1 atom stereocenters. The van der Waals surface area contributed by atoms with Gasteiger partial charge < -0.3 is 5.11 Å². The number of halogens is 1. The van der Waals surface area contributed by atoms with Crippen LogP contribution in [0.5, 0.6) is 0 Å². The van der Waals surface area contributed by atoms with E-state index in [0.717, 1.165) is 0 Å². The lowest BCUT2D eigenvalue weighted by Crippen LogP contribution is -2.06. The molecule has 0 heterocycles. The van der Waals surface area contributed by atoms with Crippen molar-refractivity contribution in [3.8, 4) is 0 Å². The summed E-state index contributed by atoms with van der Waals surface area (Å²) in [7, 11) is 0. The van der Waals surface area contributed by atoms with Crippen molar-refractivity contribution >= 4 is 35.0 Å². The second kappa shape index (κ2) is 6.61. The van der Waals surface area contributed by atoms with E-state index < -0.39 is 10.9 Å². The average molecular weight is 290 g/mol. The third-order valence-electron chi connectivity index (χ3n) is 2.22. The van der Waals surface area contributed by atoms with Crippen molar-refractivity contribution in [2.75, 3.05) is 0 Å². The fourth-order valence-corrected chi connectivity index (χ4v) is 2.54. The van der Waals surface area contributed by atoms with Crippen LogP contribution in [0.2, 0.25) is 5.02 Å². The van der Waals surface area contributed by atoms with Gasteiger partial charge in [0.15, 0.2) is 0 Å². The summed E-state index contributed by atoms with van der Waals surface area (Å²) in [6.45, 7) is 1.77. The summed E-state index contributed by atoms with van der Waals surface area (Å²) in [5, 5.41) is 19.8. The van der Waals surface area contributed by atoms with E-state index in [2.05, 4.69) is 0 Å². The number of nitro benzene ring substituents is 1. The quantitative estimate of drug-likeness (QED) is 0.641. The van der Waals surface area contributed by atoms with Crippen molar-refractivity contribution in [1.82, 2.24) is 0 Å². The summed E-state index contributed by atoms with van der Waals surface area (Å²) in [6, 6.07) is 4.37. The SMILES string of the molecule is CC(CC(=O)O)SCc1cc(Cl)ccc1[N+](=O)[O-]. The lowest BCUT2D eigenvalue weighted by Gasteiger charge is -2.08. The highest BCUT2D eigenvalue weighted by Crippen LogP contribution is 2.28. The number of carboxylic acids is 1. The highest BCUT2D eigenvalue weighted by Gasteiger charge is 2.16. The molecule has 0 aliphatic rings. The number of nitro groups is 1. The van der Waals surface area contributed by atoms with Crippen LogP contribution in [0.15, 0.2) is 18.2 Å². The second-order valence-corrected chi connectivity index (χ2v) is 5.61. The van der Waals surface area contributed by atoms with E-state index in [1.165, 1.54) is 23.9 Å². The van der Waals surface area contributed by atoms with Crippen LogP contribution in [0.25, 0.3) is 0 Å². The summed E-state index contributed by atoms with van der Waals surface area (Å²) in [5.74, 6) is -0.513. The monoisotopic (exact) mass is 289 g/mol. The van der Waals surface area contributed by atoms with Gasteiger partial charge >= 0.3 is 5.97 Å². The predicted octanol–water partition coefficient (Wildman–Crippen LogP) is 3.34. The first-order valence-electron chi connectivity index (χ1n) is 5.16. The second-order valence-electron chi connectivity index (χ2n) is 3.75. The van der Waals surface area contributed by atoms with Gasteiger partial charge in [-0.25, -0.2) is 0 Å². The number of benzene rings is 1. The van der Waals surface area contributed by atoms with Gasteiger partial charge in [0.05, 0.1) is 11.3 Å². The molecule has 1 rings (SSSR count). The maximum Gasteiger partial charge on any atom is 0.304 e. The van der Waals surface area contributed by atoms with Crippen LogP contribution < -0.4 is 0 Å². The number of carboxylic acid groups (broad SMARTS) is 1. The Morgan fingerprint density at radius 1 is 1.61 bits per heavy atom. The van der Waals surface area contributed by atoms with E-state index in [4.69, 9.17) is 16.7 Å². The van der Waals surface area contributed by atoms with Crippen molar-refractivity contribution in [1.29, 1.82) is 0 Å². The lowest BCUT2D eigenvalue weighted by molar-refractivity contribution is -0.385. The number of aliphatic carboxylic acids is 1. The Hall–Kier alpha value is -1.27. The number of rotatable bonds is 6. The standard InChI is InChI=1S/C11H12ClNO4S/c1-7(4-11(14)15)18-6-8-5-9(12)2-3-10(8)13(16)17/h2-3,5,7H,4,6H2,1H3,(H,14,15). The van der Waals surface area contributed by atoms with Gasteiger partial charge in [-0.3, -0.25) is 14.9 Å². The third kappa shape index (κ3) is 4.54. The van der Waals surface area contributed by atoms with E-state index in [1.54, 1.807) is 13.0 Å². The summed E-state index contributed by atoms with van der Waals surface area (Å²) in [4.78, 5) is 20.9. The number of thioether (sulfide) groups is 1. The minimum Gasteiger partial charge on any atom is -0.481 e. The first-order chi connectivity index (χ1) is 8.40. The maximum atomic E-state index is 10.8. The van der Waals surface area contributed by atoms with E-state index >= 15 is 0 Å². The zero-order chi connectivity index (χ0) is 13.7. The zero-order valence-electron chi connectivity index (χ0n) is 9.63. The summed E-state index contributed by atoms with van der Waals surface area (Å²) < 4.78 is 0. The number of nitrogens with zero attached hydrogens (tertiary/aromatic N) is 1. The Kier molecular flexibility index (Phi) is 5.43. The van der Waals surface area contributed by atoms with Crippen molar-refractivity contribution in [2.45, 2.75) is 24.3 Å². The Labute approximate surface area is 113 Å². The van der Waals surface area contributed by atoms with Gasteiger partial charge in [-0.1, -0.05) is 18.5 Å². The molecule has 1 unspecified atom stereocenters. The number of hydrogen-bond donors (Lipinski definition) is 1. The number of carbonyl (C=O) groups is 1. The average Bonchev–Trinajstić information content (AvgIpc) is 2.25. The van der Waals surface area contributed by atoms with Crippen LogP contribution >= 0.6 is 23.4 Å². The molecular weight excluding hydrogens is 278 g/mol. The molecule has 0 aromatic heterocycles. The molecule has 0 bridgehead atoms. The van der Waals surface area contributed by atoms with Crippen molar-refractivity contribution in [3.63, 3.8) is 0 Å². The van der Waals surface area contributed by atoms with E-state index in [9.17, 15) is 14.9 Å². The van der Waals surface area contributed by atoms with Gasteiger partial charge in [-0.05, 0) is 12.1 Å². The summed E-state index contributed by atoms with van der Waals surface area (Å²) >= 11 is 7.15. The highest BCUT2D eigenvalue weighted by molar-refractivity contribution is 7.99. The normalized spacial score (nSPS) is 12.1. The van der Waals surface area contributed by atoms with Crippen LogP contribution in [-0.2, 0) is 10.5 Å². The molecule has 1 aromatic carbocycles. The van der Waals surface area contributed by atoms with Gasteiger partial charge in [0.1, 0.15) is 0 Å². The molecular formula is C11H12ClNO4S. The van der Waals surface area contributed by atoms with Crippen LogP contribution in [0.1, 0.15) is 18.9 Å². The lowest BCUT2D eigenvalue weighted by atomic mass is 10.2. The minimum atomic E-state index is -0.879. The molecule has 1 N–H and O–H groups in total. The van der Waals surface area contributed by atoms with Gasteiger partial charge in [0.25, 0.3) is 5.69 Å². The fourth-order valence-electron chi connectivity index (χ4n) is 1.38. The van der Waals surface area contributed by atoms with Gasteiger partial charge in [-0.2, -0.15) is 11.8 Å². The van der Waals surface area contributed by atoms with E-state index in [-0.39, 0.29) is 17.4 Å². The van der Waals surface area contributed by atoms with Gasteiger partial charge in [0.2, 0.25) is 0 Å². The number of hydrogen-bond acceptors (Lipinski definition) is 4. The van der Waals surface area contributed by atoms with Crippen LogP contribution in [0, 0.1) is 10.1 Å². The smallest absolute Gasteiger partial charge is 0.304 e. The molecule has 1 aromatic rings. The molecule has 7 heteroatoms. The summed E-state index contributed by atoms with van der Waals surface area (Å²) in [5.41, 5.74) is 0.518. The molecule has 18 heavy (non-hydrogen) atoms. The molecule has 0 aliphatic heterocycles. The highest BCUT2D eigenvalue weighted by atomic mass is 35.5. The molecule has 0 fully saturated rings. The first-order valence-corrected chi connectivity index (χ1v) is 6.59. The fraction of sp³-hybridized carbons (Fsp3) is 0.364. The minimum absolute atomic E-state index is 0.00873. The van der Waals surface area contributed by atoms with Gasteiger partial charge in [0, 0.05) is 27.7 Å². The third-order valence-corrected chi connectivity index (χ3v) is 3.67. The van der Waals surface area contributed by atoms with Gasteiger partial charge in [-0.15, -0.1) is 0 Å². The molecule has 0 saturated carbocycles. The molecule has 98 valence electrons. The molecule has 0 saturated heterocycles. The topological polar surface area (TPSA) is 80.4 Å². The van der Waals surface area contributed by atoms with Crippen molar-refractivity contribution < 1.29 is 14.8 Å². The molecule has 0 spiro atoms. The van der Waals surface area contributed by atoms with Crippen LogP contribution in [-0.4, -0.2) is 21.2 Å². The zero-order valence-corrected chi connectivity index (χ0v) is 11.2. The Balaban J connectivity index is 2.74. The molecule has 0 aliphatic carbocycles. The van der Waals surface area contributed by atoms with Crippen LogP contribution in [0.4, 0.5) is 5.69 Å². The predicted molar refractivity (Wildman–Crippen MR) is 71.1 cm³/mol. The Bertz CT molecular complexity index is 466. The Morgan fingerprint density at radius 3 is 2.83 bits per heavy atom. The Morgan fingerprint density at radius 2 is 2.28 bits per heavy atom. The summed E-state index contributed by atoms with van der Waals surface area (Å²) in [6.07, 6.45) is 0.0268. The molecule has 0 radical (unpaired) electrons. The molecule has 0 amide bonds.